The van der Waals surface area contributed by atoms with Gasteiger partial charge in [-0.2, -0.15) is 0 Å². The predicted molar refractivity (Wildman–Crippen MR) is 130 cm³/mol. The van der Waals surface area contributed by atoms with Crippen LogP contribution in [0.5, 0.6) is 0 Å². The molecule has 0 saturated carbocycles. The van der Waals surface area contributed by atoms with Crippen LogP contribution >= 0.6 is 0 Å². The van der Waals surface area contributed by atoms with Gasteiger partial charge in [-0.25, -0.2) is 4.98 Å². The van der Waals surface area contributed by atoms with E-state index in [1.807, 2.05) is 68.4 Å². The Balaban J connectivity index is 0.00000149. The van der Waals surface area contributed by atoms with E-state index in [0.29, 0.717) is 30.9 Å². The topological polar surface area (TPSA) is 96.2 Å². The normalized spacial score (nSPS) is 15.2. The van der Waals surface area contributed by atoms with Crippen molar-refractivity contribution in [3.05, 3.63) is 94.2 Å². The van der Waals surface area contributed by atoms with Crippen LogP contribution in [0.15, 0.2) is 71.7 Å². The number of hydrogen-bond donors (Lipinski definition) is 3. The van der Waals surface area contributed by atoms with E-state index in [1.165, 1.54) is 16.8 Å². The van der Waals surface area contributed by atoms with E-state index in [9.17, 15) is 14.7 Å². The lowest BCUT2D eigenvalue weighted by Gasteiger charge is -2.14. The largest absolute Gasteiger partial charge is 0.387 e. The highest BCUT2D eigenvalue weighted by Crippen LogP contribution is 2.23. The standard InChI is InChI=1S/C24H26N4O3.C2H6/c29-21(18-4-2-1-3-5-18)16-25-14-12-17-6-8-19(9-7-17)27-24(31)20-10-11-22-26-15-13-23(30)28(20)22;1-2/h1-9,13,15,20-21,25,29H,10-12,14,16H2,(H,27,31);1-2H3/t20-,21?;/m0./s1. The summed E-state index contributed by atoms with van der Waals surface area (Å²) in [6.07, 6.45) is 2.98. The van der Waals surface area contributed by atoms with Gasteiger partial charge in [-0.3, -0.25) is 14.2 Å². The minimum atomic E-state index is -0.526. The van der Waals surface area contributed by atoms with Crippen molar-refractivity contribution >= 4 is 11.6 Å². The van der Waals surface area contributed by atoms with Gasteiger partial charge < -0.3 is 15.7 Å². The number of rotatable bonds is 8. The maximum Gasteiger partial charge on any atom is 0.254 e. The van der Waals surface area contributed by atoms with Crippen molar-refractivity contribution in [3.8, 4) is 0 Å². The van der Waals surface area contributed by atoms with E-state index < -0.39 is 12.1 Å². The third kappa shape index (κ3) is 6.37. The second kappa shape index (κ2) is 12.1. The number of anilines is 1. The molecule has 33 heavy (non-hydrogen) atoms. The highest BCUT2D eigenvalue weighted by atomic mass is 16.3. The fourth-order valence-electron chi connectivity index (χ4n) is 3.86. The number of carbonyl (C=O) groups is 1. The average Bonchev–Trinajstić information content (AvgIpc) is 3.30. The Hall–Kier alpha value is -3.29. The first-order valence-corrected chi connectivity index (χ1v) is 11.5. The molecule has 7 nitrogen and oxygen atoms in total. The summed E-state index contributed by atoms with van der Waals surface area (Å²) in [6, 6.07) is 18.1. The Morgan fingerprint density at radius 1 is 1.12 bits per heavy atom. The van der Waals surface area contributed by atoms with Crippen LogP contribution in [-0.2, 0) is 17.6 Å². The summed E-state index contributed by atoms with van der Waals surface area (Å²) in [5, 5.41) is 16.4. The molecule has 2 aromatic carbocycles. The zero-order valence-corrected chi connectivity index (χ0v) is 19.2. The van der Waals surface area contributed by atoms with E-state index in [1.54, 1.807) is 0 Å². The first kappa shape index (κ1) is 24.4. The summed E-state index contributed by atoms with van der Waals surface area (Å²) < 4.78 is 1.49. The lowest BCUT2D eigenvalue weighted by Crippen LogP contribution is -2.31. The van der Waals surface area contributed by atoms with Crippen molar-refractivity contribution in [2.24, 2.45) is 0 Å². The zero-order valence-electron chi connectivity index (χ0n) is 19.2. The minimum Gasteiger partial charge on any atom is -0.387 e. The summed E-state index contributed by atoms with van der Waals surface area (Å²) in [5.41, 5.74) is 2.54. The fraction of sp³-hybridized carbons (Fsp3) is 0.346. The first-order chi connectivity index (χ1) is 16.1. The third-order valence-electron chi connectivity index (χ3n) is 5.55. The van der Waals surface area contributed by atoms with Gasteiger partial charge in [-0.1, -0.05) is 56.3 Å². The molecule has 174 valence electrons. The van der Waals surface area contributed by atoms with Crippen LogP contribution < -0.4 is 16.2 Å². The summed E-state index contributed by atoms with van der Waals surface area (Å²) in [7, 11) is 0. The van der Waals surface area contributed by atoms with E-state index in [4.69, 9.17) is 0 Å². The summed E-state index contributed by atoms with van der Waals surface area (Å²) >= 11 is 0. The molecule has 1 aliphatic heterocycles. The first-order valence-electron chi connectivity index (χ1n) is 11.5. The molecular weight excluding hydrogens is 416 g/mol. The molecule has 1 amide bonds. The number of carbonyl (C=O) groups excluding carboxylic acids is 1. The van der Waals surface area contributed by atoms with Gasteiger partial charge in [0.15, 0.2) is 0 Å². The van der Waals surface area contributed by atoms with Crippen molar-refractivity contribution in [3.63, 3.8) is 0 Å². The number of amides is 1. The molecule has 0 radical (unpaired) electrons. The molecule has 1 aromatic heterocycles. The third-order valence-corrected chi connectivity index (χ3v) is 5.55. The van der Waals surface area contributed by atoms with Gasteiger partial charge in [0.1, 0.15) is 11.9 Å². The Bertz CT molecular complexity index is 1080. The maximum atomic E-state index is 12.7. The molecule has 3 N–H and O–H groups in total. The van der Waals surface area contributed by atoms with Gasteiger partial charge in [-0.05, 0) is 42.6 Å². The number of nitrogens with zero attached hydrogens (tertiary/aromatic N) is 2. The molecule has 2 heterocycles. The van der Waals surface area contributed by atoms with Crippen molar-refractivity contribution in [1.82, 2.24) is 14.9 Å². The summed E-state index contributed by atoms with van der Waals surface area (Å²) in [4.78, 5) is 29.0. The zero-order chi connectivity index (χ0) is 23.6. The molecule has 1 aliphatic rings. The molecule has 3 aromatic rings. The van der Waals surface area contributed by atoms with Crippen LogP contribution in [0, 0.1) is 0 Å². The van der Waals surface area contributed by atoms with Gasteiger partial charge >= 0.3 is 0 Å². The molecule has 4 rings (SSSR count). The van der Waals surface area contributed by atoms with Gasteiger partial charge in [0.05, 0.1) is 6.10 Å². The average molecular weight is 449 g/mol. The molecule has 7 heteroatoms. The molecule has 1 unspecified atom stereocenters. The second-order valence-corrected chi connectivity index (χ2v) is 7.69. The lowest BCUT2D eigenvalue weighted by atomic mass is 10.1. The smallest absolute Gasteiger partial charge is 0.254 e. The summed E-state index contributed by atoms with van der Waals surface area (Å²) in [5.74, 6) is 0.464. The maximum absolute atomic E-state index is 12.7. The Morgan fingerprint density at radius 2 is 1.85 bits per heavy atom. The monoisotopic (exact) mass is 448 g/mol. The number of nitrogens with one attached hydrogen (secondary N) is 2. The van der Waals surface area contributed by atoms with E-state index >= 15 is 0 Å². The Kier molecular flexibility index (Phi) is 8.92. The molecule has 0 aliphatic carbocycles. The lowest BCUT2D eigenvalue weighted by molar-refractivity contribution is -0.119. The Morgan fingerprint density at radius 3 is 2.58 bits per heavy atom. The Labute approximate surface area is 194 Å². The van der Waals surface area contributed by atoms with Gasteiger partial charge in [0.25, 0.3) is 5.56 Å². The molecule has 0 saturated heterocycles. The number of aliphatic hydroxyl groups excluding tert-OH is 1. The van der Waals surface area contributed by atoms with Gasteiger partial charge in [-0.15, -0.1) is 0 Å². The predicted octanol–water partition coefficient (Wildman–Crippen LogP) is 3.26. The van der Waals surface area contributed by atoms with Gasteiger partial charge in [0, 0.05) is 30.9 Å². The van der Waals surface area contributed by atoms with Crippen LogP contribution in [-0.4, -0.2) is 33.7 Å². The van der Waals surface area contributed by atoms with E-state index in [-0.39, 0.29) is 11.5 Å². The minimum absolute atomic E-state index is 0.192. The van der Waals surface area contributed by atoms with E-state index in [2.05, 4.69) is 15.6 Å². The number of aliphatic hydroxyl groups is 1. The summed E-state index contributed by atoms with van der Waals surface area (Å²) in [6.45, 7) is 5.24. The number of aryl methyl sites for hydroxylation is 1. The van der Waals surface area contributed by atoms with Crippen LogP contribution in [0.25, 0.3) is 0 Å². The number of benzene rings is 2. The fourth-order valence-corrected chi connectivity index (χ4v) is 3.86. The highest BCUT2D eigenvalue weighted by molar-refractivity contribution is 5.94. The van der Waals surface area contributed by atoms with Crippen molar-refractivity contribution in [1.29, 1.82) is 0 Å². The second-order valence-electron chi connectivity index (χ2n) is 7.69. The molecule has 0 fully saturated rings. The number of fused-ring (bicyclic) bond motifs is 1. The molecular formula is C26H32N4O3. The molecule has 0 spiro atoms. The quantitative estimate of drug-likeness (QED) is 0.460. The highest BCUT2D eigenvalue weighted by Gasteiger charge is 2.29. The van der Waals surface area contributed by atoms with Crippen molar-refractivity contribution in [2.75, 3.05) is 18.4 Å². The SMILES string of the molecule is CC.O=C(Nc1ccc(CCNCC(O)c2ccccc2)cc1)[C@@H]1CCc2nccc(=O)n21. The molecule has 0 bridgehead atoms. The van der Waals surface area contributed by atoms with Crippen LogP contribution in [0.3, 0.4) is 0 Å². The van der Waals surface area contributed by atoms with Crippen LogP contribution in [0.4, 0.5) is 5.69 Å². The van der Waals surface area contributed by atoms with Crippen molar-refractivity contribution in [2.45, 2.75) is 45.3 Å². The van der Waals surface area contributed by atoms with E-state index in [0.717, 1.165) is 24.1 Å². The van der Waals surface area contributed by atoms with Crippen molar-refractivity contribution < 1.29 is 9.90 Å². The van der Waals surface area contributed by atoms with Crippen LogP contribution in [0.1, 0.15) is 49.4 Å². The molecule has 2 atom stereocenters. The number of aromatic nitrogens is 2. The number of hydrogen-bond acceptors (Lipinski definition) is 5. The van der Waals surface area contributed by atoms with Crippen LogP contribution in [0.2, 0.25) is 0 Å². The van der Waals surface area contributed by atoms with Gasteiger partial charge in [0.2, 0.25) is 5.91 Å².